The molecular formula is C32H34F2N4O3. The second-order valence-corrected chi connectivity index (χ2v) is 11.4. The number of ether oxygens (including phenoxy) is 1. The summed E-state index contributed by atoms with van der Waals surface area (Å²) in [7, 11) is 0. The van der Waals surface area contributed by atoms with E-state index in [1.54, 1.807) is 4.90 Å². The molecule has 0 amide bonds. The van der Waals surface area contributed by atoms with E-state index in [2.05, 4.69) is 9.55 Å². The van der Waals surface area contributed by atoms with Crippen LogP contribution >= 0.6 is 0 Å². The van der Waals surface area contributed by atoms with Crippen LogP contribution in [0.3, 0.4) is 0 Å². The van der Waals surface area contributed by atoms with Crippen molar-refractivity contribution in [2.75, 3.05) is 18.0 Å². The number of anilines is 1. The highest BCUT2D eigenvalue weighted by molar-refractivity contribution is 5.79. The predicted octanol–water partition coefficient (Wildman–Crippen LogP) is 6.57. The molecule has 1 N–H and O–H groups in total. The molecule has 1 aliphatic carbocycles. The molecule has 214 valence electrons. The summed E-state index contributed by atoms with van der Waals surface area (Å²) in [5, 5.41) is 10.0. The highest BCUT2D eigenvalue weighted by Crippen LogP contribution is 2.40. The number of fused-ring (bicyclic) bond motifs is 1. The monoisotopic (exact) mass is 560 g/mol. The average molecular weight is 561 g/mol. The van der Waals surface area contributed by atoms with Gasteiger partial charge in [0, 0.05) is 43.4 Å². The zero-order valence-electron chi connectivity index (χ0n) is 23.1. The number of aryl methyl sites for hydroxylation is 1. The SMILES string of the molecule is Cc1ccc(COc2ccc3nc([C@H]4CCCCC4C(=O)O)n(Cc4ccc(N5CCC(F)(F)C5)cc4)c3c2)nc1. The number of hydrogen-bond acceptors (Lipinski definition) is 5. The van der Waals surface area contributed by atoms with E-state index in [-0.39, 0.29) is 18.9 Å². The number of nitrogens with zero attached hydrogens (tertiary/aromatic N) is 4. The molecule has 7 nitrogen and oxygen atoms in total. The summed E-state index contributed by atoms with van der Waals surface area (Å²) in [4.78, 5) is 23.3. The van der Waals surface area contributed by atoms with Crippen LogP contribution in [0.4, 0.5) is 14.5 Å². The quantitative estimate of drug-likeness (QED) is 0.263. The van der Waals surface area contributed by atoms with Crippen molar-refractivity contribution >= 4 is 22.7 Å². The van der Waals surface area contributed by atoms with Gasteiger partial charge in [0.25, 0.3) is 5.92 Å². The molecule has 0 bridgehead atoms. The Balaban J connectivity index is 1.32. The van der Waals surface area contributed by atoms with E-state index >= 15 is 0 Å². The zero-order valence-corrected chi connectivity index (χ0v) is 23.1. The summed E-state index contributed by atoms with van der Waals surface area (Å²) in [5.74, 6) is -2.67. The van der Waals surface area contributed by atoms with Crippen LogP contribution in [0.25, 0.3) is 11.0 Å². The molecule has 1 aliphatic heterocycles. The van der Waals surface area contributed by atoms with Gasteiger partial charge in [-0.1, -0.05) is 31.0 Å². The van der Waals surface area contributed by atoms with Crippen LogP contribution in [0.5, 0.6) is 5.75 Å². The number of carbonyl (C=O) groups is 1. The Morgan fingerprint density at radius 3 is 2.61 bits per heavy atom. The van der Waals surface area contributed by atoms with Gasteiger partial charge in [0.1, 0.15) is 18.2 Å². The highest BCUT2D eigenvalue weighted by atomic mass is 19.3. The number of carboxylic acid groups (broad SMARTS) is 1. The van der Waals surface area contributed by atoms with Crippen LogP contribution < -0.4 is 9.64 Å². The summed E-state index contributed by atoms with van der Waals surface area (Å²) in [6.07, 6.45) is 4.95. The van der Waals surface area contributed by atoms with Crippen LogP contribution in [-0.2, 0) is 17.9 Å². The lowest BCUT2D eigenvalue weighted by Crippen LogP contribution is -2.27. The predicted molar refractivity (Wildman–Crippen MR) is 153 cm³/mol. The van der Waals surface area contributed by atoms with Crippen molar-refractivity contribution < 1.29 is 23.4 Å². The number of carboxylic acids is 1. The van der Waals surface area contributed by atoms with Gasteiger partial charge in [-0.2, -0.15) is 0 Å². The van der Waals surface area contributed by atoms with Crippen molar-refractivity contribution in [3.8, 4) is 5.75 Å². The number of alkyl halides is 2. The van der Waals surface area contributed by atoms with E-state index in [1.807, 2.05) is 67.7 Å². The number of rotatable bonds is 8. The van der Waals surface area contributed by atoms with Gasteiger partial charge in [-0.05, 0) is 61.2 Å². The Morgan fingerprint density at radius 1 is 1.10 bits per heavy atom. The van der Waals surface area contributed by atoms with Gasteiger partial charge in [0.05, 0.1) is 29.2 Å². The van der Waals surface area contributed by atoms with E-state index in [0.717, 1.165) is 58.6 Å². The normalized spacial score (nSPS) is 20.4. The second kappa shape index (κ2) is 11.1. The third-order valence-electron chi connectivity index (χ3n) is 8.34. The molecule has 0 radical (unpaired) electrons. The molecule has 1 unspecified atom stereocenters. The molecule has 41 heavy (non-hydrogen) atoms. The summed E-state index contributed by atoms with van der Waals surface area (Å²) in [6, 6.07) is 17.4. The molecule has 2 aromatic carbocycles. The van der Waals surface area contributed by atoms with E-state index in [0.29, 0.717) is 31.9 Å². The number of aliphatic carboxylic acids is 1. The molecule has 2 aromatic heterocycles. The van der Waals surface area contributed by atoms with Crippen LogP contribution in [0.15, 0.2) is 60.8 Å². The van der Waals surface area contributed by atoms with E-state index in [9.17, 15) is 18.7 Å². The Kier molecular flexibility index (Phi) is 7.36. The van der Waals surface area contributed by atoms with Crippen molar-refractivity contribution in [2.24, 2.45) is 5.92 Å². The molecule has 0 spiro atoms. The minimum Gasteiger partial charge on any atom is -0.487 e. The van der Waals surface area contributed by atoms with Gasteiger partial charge in [-0.25, -0.2) is 13.8 Å². The fourth-order valence-corrected chi connectivity index (χ4v) is 6.09. The van der Waals surface area contributed by atoms with Gasteiger partial charge in [-0.15, -0.1) is 0 Å². The first-order valence-corrected chi connectivity index (χ1v) is 14.2. The Labute approximate surface area is 237 Å². The first kappa shape index (κ1) is 27.2. The van der Waals surface area contributed by atoms with Crippen LogP contribution in [0, 0.1) is 12.8 Å². The number of halogens is 2. The summed E-state index contributed by atoms with van der Waals surface area (Å²) in [6.45, 7) is 2.87. The van der Waals surface area contributed by atoms with Crippen molar-refractivity contribution in [1.29, 1.82) is 0 Å². The van der Waals surface area contributed by atoms with Gasteiger partial charge in [0.15, 0.2) is 0 Å². The van der Waals surface area contributed by atoms with Crippen molar-refractivity contribution in [3.05, 3.63) is 83.4 Å². The molecule has 2 atom stereocenters. The molecule has 6 rings (SSSR count). The van der Waals surface area contributed by atoms with Crippen LogP contribution in [-0.4, -0.2) is 44.6 Å². The zero-order chi connectivity index (χ0) is 28.6. The standard InChI is InChI=1S/C32H34F2N4O3/c1-21-6-9-23(35-17-21)19-41-25-12-13-28-29(16-25)38(30(36-28)26-4-2-3-5-27(26)31(39)40)18-22-7-10-24(11-8-22)37-15-14-32(33,34)20-37/h6-13,16-17,26-27H,2-5,14-15,18-20H2,1H3,(H,39,40)/t26-,27?/m0/s1. The average Bonchev–Trinajstić information content (AvgIpc) is 3.52. The fraction of sp³-hybridized carbons (Fsp3) is 0.406. The van der Waals surface area contributed by atoms with Crippen molar-refractivity contribution in [2.45, 2.75) is 64.0 Å². The minimum atomic E-state index is -2.65. The number of benzene rings is 2. The van der Waals surface area contributed by atoms with Crippen molar-refractivity contribution in [3.63, 3.8) is 0 Å². The van der Waals surface area contributed by atoms with E-state index in [4.69, 9.17) is 9.72 Å². The maximum absolute atomic E-state index is 13.8. The van der Waals surface area contributed by atoms with Gasteiger partial charge >= 0.3 is 5.97 Å². The number of hydrogen-bond donors (Lipinski definition) is 1. The molecule has 9 heteroatoms. The third-order valence-corrected chi connectivity index (χ3v) is 8.34. The van der Waals surface area contributed by atoms with E-state index < -0.39 is 17.8 Å². The van der Waals surface area contributed by atoms with Crippen LogP contribution in [0.2, 0.25) is 0 Å². The van der Waals surface area contributed by atoms with E-state index in [1.165, 1.54) is 0 Å². The maximum atomic E-state index is 13.8. The lowest BCUT2D eigenvalue weighted by atomic mass is 9.78. The van der Waals surface area contributed by atoms with Gasteiger partial charge in [0.2, 0.25) is 0 Å². The fourth-order valence-electron chi connectivity index (χ4n) is 6.09. The molecular weight excluding hydrogens is 526 g/mol. The van der Waals surface area contributed by atoms with Crippen LogP contribution in [0.1, 0.15) is 60.7 Å². The molecule has 2 aliphatic rings. The topological polar surface area (TPSA) is 80.5 Å². The molecule has 1 saturated heterocycles. The highest BCUT2D eigenvalue weighted by Gasteiger charge is 2.38. The largest absolute Gasteiger partial charge is 0.487 e. The molecule has 3 heterocycles. The maximum Gasteiger partial charge on any atom is 0.307 e. The second-order valence-electron chi connectivity index (χ2n) is 11.4. The number of imidazole rings is 1. The molecule has 4 aromatic rings. The lowest BCUT2D eigenvalue weighted by molar-refractivity contribution is -0.143. The summed E-state index contributed by atoms with van der Waals surface area (Å²) in [5.41, 5.74) is 5.32. The van der Waals surface area contributed by atoms with Crippen molar-refractivity contribution in [1.82, 2.24) is 14.5 Å². The molecule has 2 fully saturated rings. The minimum absolute atomic E-state index is 0.129. The number of aromatic nitrogens is 3. The van der Waals surface area contributed by atoms with Gasteiger partial charge < -0.3 is 19.3 Å². The Bertz CT molecular complexity index is 1540. The summed E-state index contributed by atoms with van der Waals surface area (Å²) < 4.78 is 35.7. The lowest BCUT2D eigenvalue weighted by Gasteiger charge is -2.28. The smallest absolute Gasteiger partial charge is 0.307 e. The first-order valence-electron chi connectivity index (χ1n) is 14.2. The third kappa shape index (κ3) is 5.89. The Hall–Kier alpha value is -4.01. The number of pyridine rings is 1. The van der Waals surface area contributed by atoms with Gasteiger partial charge in [-0.3, -0.25) is 9.78 Å². The first-order chi connectivity index (χ1) is 19.8. The Morgan fingerprint density at radius 2 is 1.90 bits per heavy atom. The molecule has 1 saturated carbocycles. The summed E-state index contributed by atoms with van der Waals surface area (Å²) >= 11 is 0.